The average molecular weight is 307 g/mol. The molecule has 0 aromatic heterocycles. The summed E-state index contributed by atoms with van der Waals surface area (Å²) in [5.74, 6) is 1.60. The quantitative estimate of drug-likeness (QED) is 0.478. The maximum Gasteiger partial charge on any atom is 0.231 e. The standard InChI is InChI=1S/C8H6INO2S/c9-13-10-4-6-1-2-7-8(3-6)12-5-11-7/h1-4H,5H2/b10-4+. The molecule has 1 aliphatic heterocycles. The van der Waals surface area contributed by atoms with E-state index in [1.165, 1.54) is 9.12 Å². The van der Waals surface area contributed by atoms with Gasteiger partial charge in [-0.2, -0.15) is 0 Å². The van der Waals surface area contributed by atoms with E-state index in [1.807, 2.05) is 18.2 Å². The van der Waals surface area contributed by atoms with Crippen molar-refractivity contribution in [1.29, 1.82) is 0 Å². The highest BCUT2D eigenvalue weighted by Crippen LogP contribution is 2.32. The Morgan fingerprint density at radius 1 is 1.38 bits per heavy atom. The van der Waals surface area contributed by atoms with Gasteiger partial charge in [-0.25, -0.2) is 4.40 Å². The van der Waals surface area contributed by atoms with E-state index in [4.69, 9.17) is 9.47 Å². The number of halogens is 1. The molecule has 13 heavy (non-hydrogen) atoms. The highest BCUT2D eigenvalue weighted by molar-refractivity contribution is 14.2. The second kappa shape index (κ2) is 4.19. The molecule has 0 atom stereocenters. The van der Waals surface area contributed by atoms with E-state index in [9.17, 15) is 0 Å². The van der Waals surface area contributed by atoms with Crippen molar-refractivity contribution in [2.24, 2.45) is 4.40 Å². The van der Waals surface area contributed by atoms with Crippen molar-refractivity contribution in [3.05, 3.63) is 23.8 Å². The molecule has 3 nitrogen and oxygen atoms in total. The normalized spacial score (nSPS) is 13.9. The predicted molar refractivity (Wildman–Crippen MR) is 61.8 cm³/mol. The van der Waals surface area contributed by atoms with Crippen molar-refractivity contribution >= 4 is 36.5 Å². The number of rotatable bonds is 2. The van der Waals surface area contributed by atoms with Crippen LogP contribution in [0.5, 0.6) is 11.5 Å². The number of hydrogen-bond acceptors (Lipinski definition) is 4. The van der Waals surface area contributed by atoms with Crippen molar-refractivity contribution < 1.29 is 9.47 Å². The highest BCUT2D eigenvalue weighted by atomic mass is 127. The third-order valence-electron chi connectivity index (χ3n) is 1.64. The second-order valence-corrected chi connectivity index (χ2v) is 3.95. The van der Waals surface area contributed by atoms with Gasteiger partial charge in [-0.05, 0) is 23.8 Å². The Labute approximate surface area is 92.2 Å². The Morgan fingerprint density at radius 2 is 2.23 bits per heavy atom. The fourth-order valence-corrected chi connectivity index (χ4v) is 1.58. The van der Waals surface area contributed by atoms with Crippen LogP contribution in [0.25, 0.3) is 0 Å². The van der Waals surface area contributed by atoms with Crippen molar-refractivity contribution in [2.75, 3.05) is 6.79 Å². The van der Waals surface area contributed by atoms with Crippen molar-refractivity contribution in [2.45, 2.75) is 0 Å². The van der Waals surface area contributed by atoms with Gasteiger partial charge < -0.3 is 9.47 Å². The molecule has 68 valence electrons. The molecular weight excluding hydrogens is 301 g/mol. The van der Waals surface area contributed by atoms with E-state index in [0.717, 1.165) is 17.1 Å². The van der Waals surface area contributed by atoms with Crippen LogP contribution in [0, 0.1) is 0 Å². The molecule has 1 aromatic rings. The van der Waals surface area contributed by atoms with Crippen LogP contribution in [0.1, 0.15) is 5.56 Å². The second-order valence-electron chi connectivity index (χ2n) is 2.42. The lowest BCUT2D eigenvalue weighted by atomic mass is 10.2. The molecule has 0 unspecified atom stereocenters. The first kappa shape index (κ1) is 9.14. The van der Waals surface area contributed by atoms with Crippen LogP contribution < -0.4 is 9.47 Å². The van der Waals surface area contributed by atoms with Gasteiger partial charge in [-0.1, -0.05) is 0 Å². The van der Waals surface area contributed by atoms with E-state index in [1.54, 1.807) is 6.21 Å². The van der Waals surface area contributed by atoms with Gasteiger partial charge in [0, 0.05) is 36.5 Å². The summed E-state index contributed by atoms with van der Waals surface area (Å²) in [6, 6.07) is 5.75. The fraction of sp³-hybridized carbons (Fsp3) is 0.125. The van der Waals surface area contributed by atoms with Gasteiger partial charge in [0.1, 0.15) is 0 Å². The van der Waals surface area contributed by atoms with Crippen molar-refractivity contribution in [1.82, 2.24) is 0 Å². The number of ether oxygens (including phenoxy) is 2. The molecule has 0 amide bonds. The van der Waals surface area contributed by atoms with Crippen LogP contribution >= 0.6 is 30.3 Å². The summed E-state index contributed by atoms with van der Waals surface area (Å²) in [5.41, 5.74) is 1.02. The average Bonchev–Trinajstić information content (AvgIpc) is 2.61. The summed E-state index contributed by atoms with van der Waals surface area (Å²) in [5, 5.41) is 0. The topological polar surface area (TPSA) is 30.8 Å². The Hall–Kier alpha value is -0.430. The smallest absolute Gasteiger partial charge is 0.231 e. The van der Waals surface area contributed by atoms with Crippen LogP contribution in [0.3, 0.4) is 0 Å². The van der Waals surface area contributed by atoms with Crippen LogP contribution in [0.2, 0.25) is 0 Å². The van der Waals surface area contributed by atoms with Gasteiger partial charge in [0.15, 0.2) is 11.5 Å². The first-order valence-electron chi connectivity index (χ1n) is 3.61. The minimum atomic E-state index is 0.316. The molecule has 0 radical (unpaired) electrons. The van der Waals surface area contributed by atoms with Gasteiger partial charge in [0.25, 0.3) is 0 Å². The Balaban J connectivity index is 2.25. The lowest BCUT2D eigenvalue weighted by Crippen LogP contribution is -1.92. The van der Waals surface area contributed by atoms with Gasteiger partial charge in [-0.15, -0.1) is 0 Å². The summed E-state index contributed by atoms with van der Waals surface area (Å²) in [4.78, 5) is 0. The Bertz CT molecular complexity index is 343. The lowest BCUT2D eigenvalue weighted by molar-refractivity contribution is 0.174. The first-order chi connectivity index (χ1) is 6.40. The zero-order valence-electron chi connectivity index (χ0n) is 6.57. The molecule has 1 heterocycles. The molecule has 0 aliphatic carbocycles. The monoisotopic (exact) mass is 307 g/mol. The molecule has 0 bridgehead atoms. The van der Waals surface area contributed by atoms with Crippen LogP contribution in [0.15, 0.2) is 22.6 Å². The van der Waals surface area contributed by atoms with Crippen LogP contribution in [-0.2, 0) is 0 Å². The zero-order valence-corrected chi connectivity index (χ0v) is 9.54. The van der Waals surface area contributed by atoms with E-state index < -0.39 is 0 Å². The predicted octanol–water partition coefficient (Wildman–Crippen LogP) is 2.83. The SMILES string of the molecule is IS/N=C/c1ccc2c(c1)OCO2. The number of benzene rings is 1. The summed E-state index contributed by atoms with van der Waals surface area (Å²) < 4.78 is 14.5. The van der Waals surface area contributed by atoms with Gasteiger partial charge in [-0.3, -0.25) is 0 Å². The first-order valence-corrected chi connectivity index (χ1v) is 6.92. The van der Waals surface area contributed by atoms with Crippen LogP contribution in [0.4, 0.5) is 0 Å². The lowest BCUT2D eigenvalue weighted by Gasteiger charge is -1.95. The maximum atomic E-state index is 5.23. The van der Waals surface area contributed by atoms with E-state index in [0.29, 0.717) is 6.79 Å². The van der Waals surface area contributed by atoms with Gasteiger partial charge >= 0.3 is 0 Å². The third-order valence-corrected chi connectivity index (χ3v) is 2.51. The largest absolute Gasteiger partial charge is 0.454 e. The molecule has 1 aliphatic rings. The maximum absolute atomic E-state index is 5.23. The molecule has 0 N–H and O–H groups in total. The molecular formula is C8H6INO2S. The molecule has 0 saturated carbocycles. The molecule has 0 fully saturated rings. The molecule has 0 saturated heterocycles. The van der Waals surface area contributed by atoms with Crippen molar-refractivity contribution in [3.8, 4) is 11.5 Å². The number of nitrogens with zero attached hydrogens (tertiary/aromatic N) is 1. The van der Waals surface area contributed by atoms with E-state index in [-0.39, 0.29) is 0 Å². The third kappa shape index (κ3) is 2.08. The number of fused-ring (bicyclic) bond motifs is 1. The minimum absolute atomic E-state index is 0.316. The summed E-state index contributed by atoms with van der Waals surface area (Å²) >= 11 is 2.11. The van der Waals surface area contributed by atoms with Gasteiger partial charge in [0.2, 0.25) is 6.79 Å². The van der Waals surface area contributed by atoms with E-state index >= 15 is 0 Å². The number of hydrogen-bond donors (Lipinski definition) is 0. The Kier molecular flexibility index (Phi) is 2.94. The minimum Gasteiger partial charge on any atom is -0.454 e. The Morgan fingerprint density at radius 3 is 3.08 bits per heavy atom. The molecule has 0 spiro atoms. The van der Waals surface area contributed by atoms with Gasteiger partial charge in [0.05, 0.1) is 0 Å². The summed E-state index contributed by atoms with van der Waals surface area (Å²) in [7, 11) is 1.40. The highest BCUT2D eigenvalue weighted by Gasteiger charge is 2.12. The molecule has 5 heteroatoms. The van der Waals surface area contributed by atoms with Crippen LogP contribution in [-0.4, -0.2) is 13.0 Å². The summed E-state index contributed by atoms with van der Waals surface area (Å²) in [6.45, 7) is 0.316. The molecule has 1 aromatic carbocycles. The zero-order chi connectivity index (χ0) is 9.10. The van der Waals surface area contributed by atoms with E-state index in [2.05, 4.69) is 25.6 Å². The fourth-order valence-electron chi connectivity index (χ4n) is 1.07. The molecule has 2 rings (SSSR count). The van der Waals surface area contributed by atoms with Crippen molar-refractivity contribution in [3.63, 3.8) is 0 Å². The summed E-state index contributed by atoms with van der Waals surface area (Å²) in [6.07, 6.45) is 1.79.